The molecule has 0 amide bonds. The molecule has 1 heterocycles. The number of hydrogen-bond acceptors (Lipinski definition) is 2. The molecule has 18 heavy (non-hydrogen) atoms. The number of nitrogens with one attached hydrogen (secondary N) is 1. The van der Waals surface area contributed by atoms with Crippen molar-refractivity contribution in [2.45, 2.75) is 57.2 Å². The van der Waals surface area contributed by atoms with E-state index < -0.39 is 6.10 Å². The van der Waals surface area contributed by atoms with Crippen molar-refractivity contribution in [3.8, 4) is 0 Å². The molecule has 0 unspecified atom stereocenters. The average molecular weight is 268 g/mol. The summed E-state index contributed by atoms with van der Waals surface area (Å²) in [6, 6.07) is 8.26. The maximum atomic E-state index is 10.4. The third-order valence-corrected chi connectivity index (χ3v) is 3.96. The van der Waals surface area contributed by atoms with Crippen molar-refractivity contribution in [3.63, 3.8) is 0 Å². The number of hydrogen-bond donors (Lipinski definition) is 2. The van der Waals surface area contributed by atoms with Gasteiger partial charge in [0.1, 0.15) is 0 Å². The van der Waals surface area contributed by atoms with Crippen LogP contribution in [0.25, 0.3) is 0 Å². The Balaban J connectivity index is 2.02. The van der Waals surface area contributed by atoms with Gasteiger partial charge in [0, 0.05) is 17.1 Å². The molecule has 0 aliphatic carbocycles. The van der Waals surface area contributed by atoms with Crippen LogP contribution in [-0.2, 0) is 0 Å². The summed E-state index contributed by atoms with van der Waals surface area (Å²) in [7, 11) is 0. The molecule has 0 radical (unpaired) electrons. The summed E-state index contributed by atoms with van der Waals surface area (Å²) in [6.07, 6.45) is 5.39. The van der Waals surface area contributed by atoms with E-state index in [2.05, 4.69) is 12.2 Å². The molecule has 1 aliphatic heterocycles. The van der Waals surface area contributed by atoms with E-state index in [4.69, 9.17) is 11.6 Å². The average Bonchev–Trinajstić information content (AvgIpc) is 2.39. The highest BCUT2D eigenvalue weighted by atomic mass is 35.5. The van der Waals surface area contributed by atoms with Gasteiger partial charge in [0.2, 0.25) is 0 Å². The molecule has 2 N–H and O–H groups in total. The van der Waals surface area contributed by atoms with Gasteiger partial charge in [-0.3, -0.25) is 0 Å². The number of rotatable bonds is 4. The predicted octanol–water partition coefficient (Wildman–Crippen LogP) is 3.68. The van der Waals surface area contributed by atoms with Crippen molar-refractivity contribution < 1.29 is 5.11 Å². The van der Waals surface area contributed by atoms with Crippen LogP contribution < -0.4 is 5.32 Å². The molecule has 1 fully saturated rings. The van der Waals surface area contributed by atoms with E-state index in [0.717, 1.165) is 12.0 Å². The number of benzene rings is 1. The number of halogens is 1. The van der Waals surface area contributed by atoms with E-state index in [-0.39, 0.29) is 6.04 Å². The number of piperidine rings is 1. The first kappa shape index (κ1) is 13.9. The normalized spacial score (nSPS) is 25.9. The Kier molecular flexibility index (Phi) is 5.04. The number of aliphatic hydroxyl groups excluding tert-OH is 1. The van der Waals surface area contributed by atoms with Gasteiger partial charge < -0.3 is 10.4 Å². The van der Waals surface area contributed by atoms with E-state index in [1.54, 1.807) is 0 Å². The molecule has 0 aromatic heterocycles. The van der Waals surface area contributed by atoms with Crippen LogP contribution in [0.4, 0.5) is 0 Å². The minimum atomic E-state index is -0.455. The van der Waals surface area contributed by atoms with Crippen molar-refractivity contribution in [1.82, 2.24) is 5.32 Å². The van der Waals surface area contributed by atoms with Crippen LogP contribution >= 0.6 is 11.6 Å². The maximum Gasteiger partial charge on any atom is 0.0943 e. The van der Waals surface area contributed by atoms with E-state index in [9.17, 15) is 5.11 Å². The molecule has 1 aromatic rings. The van der Waals surface area contributed by atoms with Crippen molar-refractivity contribution in [1.29, 1.82) is 0 Å². The largest absolute Gasteiger partial charge is 0.387 e. The molecule has 2 rings (SSSR count). The van der Waals surface area contributed by atoms with Crippen molar-refractivity contribution in [3.05, 3.63) is 34.9 Å². The van der Waals surface area contributed by atoms with Gasteiger partial charge in [0.15, 0.2) is 0 Å². The Morgan fingerprint density at radius 2 is 2.28 bits per heavy atom. The lowest BCUT2D eigenvalue weighted by Gasteiger charge is -2.34. The monoisotopic (exact) mass is 267 g/mol. The summed E-state index contributed by atoms with van der Waals surface area (Å²) in [5, 5.41) is 14.7. The molecule has 0 saturated carbocycles. The van der Waals surface area contributed by atoms with E-state index in [1.807, 2.05) is 24.3 Å². The van der Waals surface area contributed by atoms with Gasteiger partial charge in [-0.2, -0.15) is 0 Å². The van der Waals surface area contributed by atoms with Crippen LogP contribution in [0.3, 0.4) is 0 Å². The molecule has 1 aromatic carbocycles. The third kappa shape index (κ3) is 3.47. The van der Waals surface area contributed by atoms with Crippen LogP contribution in [0.5, 0.6) is 0 Å². The molecule has 3 heteroatoms. The number of aliphatic hydroxyl groups is 1. The zero-order valence-corrected chi connectivity index (χ0v) is 11.7. The summed E-state index contributed by atoms with van der Waals surface area (Å²) < 4.78 is 0. The van der Waals surface area contributed by atoms with Gasteiger partial charge in [-0.05, 0) is 37.0 Å². The van der Waals surface area contributed by atoms with Crippen molar-refractivity contribution >= 4 is 11.6 Å². The van der Waals surface area contributed by atoms with Crippen LogP contribution in [0.1, 0.15) is 50.7 Å². The fraction of sp³-hybridized carbons (Fsp3) is 0.600. The standard InChI is InChI=1S/C15H22ClNO/c1-2-5-13-8-4-9-14(17-13)15(18)11-6-3-7-12(16)10-11/h3,6-7,10,13-15,17-18H,2,4-5,8-9H2,1H3/t13-,14+,15-/m0/s1. The Hall–Kier alpha value is -0.570. The second-order valence-electron chi connectivity index (χ2n) is 5.19. The molecule has 3 atom stereocenters. The summed E-state index contributed by atoms with van der Waals surface area (Å²) in [6.45, 7) is 2.21. The quantitative estimate of drug-likeness (QED) is 0.872. The lowest BCUT2D eigenvalue weighted by Crippen LogP contribution is -2.45. The third-order valence-electron chi connectivity index (χ3n) is 3.73. The van der Waals surface area contributed by atoms with Crippen LogP contribution in [0, 0.1) is 0 Å². The van der Waals surface area contributed by atoms with Gasteiger partial charge in [0.25, 0.3) is 0 Å². The Morgan fingerprint density at radius 3 is 3.00 bits per heavy atom. The minimum Gasteiger partial charge on any atom is -0.387 e. The summed E-state index contributed by atoms with van der Waals surface area (Å²) in [5.74, 6) is 0. The first-order valence-corrected chi connectivity index (χ1v) is 7.28. The van der Waals surface area contributed by atoms with Gasteiger partial charge in [0.05, 0.1) is 6.10 Å². The summed E-state index contributed by atoms with van der Waals surface area (Å²) in [5.41, 5.74) is 0.914. The first-order chi connectivity index (χ1) is 8.70. The lowest BCUT2D eigenvalue weighted by molar-refractivity contribution is 0.0998. The lowest BCUT2D eigenvalue weighted by atomic mass is 9.90. The van der Waals surface area contributed by atoms with E-state index >= 15 is 0 Å². The zero-order valence-electron chi connectivity index (χ0n) is 10.9. The van der Waals surface area contributed by atoms with Crippen molar-refractivity contribution in [2.75, 3.05) is 0 Å². The molecule has 1 saturated heterocycles. The maximum absolute atomic E-state index is 10.4. The topological polar surface area (TPSA) is 32.3 Å². The SMILES string of the molecule is CCC[C@H]1CCC[C@H]([C@@H](O)c2cccc(Cl)c2)N1. The molecule has 100 valence electrons. The van der Waals surface area contributed by atoms with Crippen LogP contribution in [0.2, 0.25) is 5.02 Å². The highest BCUT2D eigenvalue weighted by Gasteiger charge is 2.26. The molecule has 0 bridgehead atoms. The molecule has 1 aliphatic rings. The predicted molar refractivity (Wildman–Crippen MR) is 75.9 cm³/mol. The Labute approximate surface area is 114 Å². The first-order valence-electron chi connectivity index (χ1n) is 6.90. The highest BCUT2D eigenvalue weighted by Crippen LogP contribution is 2.27. The Morgan fingerprint density at radius 1 is 1.44 bits per heavy atom. The fourth-order valence-electron chi connectivity index (χ4n) is 2.80. The molecule has 0 spiro atoms. The zero-order chi connectivity index (χ0) is 13.0. The fourth-order valence-corrected chi connectivity index (χ4v) is 3.00. The van der Waals surface area contributed by atoms with Gasteiger partial charge >= 0.3 is 0 Å². The summed E-state index contributed by atoms with van der Waals surface area (Å²) in [4.78, 5) is 0. The second-order valence-corrected chi connectivity index (χ2v) is 5.63. The van der Waals surface area contributed by atoms with E-state index in [1.165, 1.54) is 25.7 Å². The van der Waals surface area contributed by atoms with Gasteiger partial charge in [-0.1, -0.05) is 43.5 Å². The van der Waals surface area contributed by atoms with Gasteiger partial charge in [-0.15, -0.1) is 0 Å². The van der Waals surface area contributed by atoms with Gasteiger partial charge in [-0.25, -0.2) is 0 Å². The smallest absolute Gasteiger partial charge is 0.0943 e. The van der Waals surface area contributed by atoms with E-state index in [0.29, 0.717) is 11.1 Å². The minimum absolute atomic E-state index is 0.161. The van der Waals surface area contributed by atoms with Crippen LogP contribution in [-0.4, -0.2) is 17.2 Å². The highest BCUT2D eigenvalue weighted by molar-refractivity contribution is 6.30. The summed E-state index contributed by atoms with van der Waals surface area (Å²) >= 11 is 5.97. The Bertz CT molecular complexity index is 381. The van der Waals surface area contributed by atoms with Crippen molar-refractivity contribution in [2.24, 2.45) is 0 Å². The molecular formula is C15H22ClNO. The molecule has 2 nitrogen and oxygen atoms in total. The second kappa shape index (κ2) is 6.55. The molecular weight excluding hydrogens is 246 g/mol. The van der Waals surface area contributed by atoms with Crippen LogP contribution in [0.15, 0.2) is 24.3 Å².